The lowest BCUT2D eigenvalue weighted by molar-refractivity contribution is 0.0993. The van der Waals surface area contributed by atoms with Crippen molar-refractivity contribution < 1.29 is 50.5 Å². The summed E-state index contributed by atoms with van der Waals surface area (Å²) < 4.78 is 66.2. The molecule has 0 radical (unpaired) electrons. The lowest BCUT2D eigenvalue weighted by Crippen LogP contribution is -2.38. The summed E-state index contributed by atoms with van der Waals surface area (Å²) in [5, 5.41) is 24.2. The van der Waals surface area contributed by atoms with Crippen LogP contribution in [0.25, 0.3) is 0 Å². The third-order valence-corrected chi connectivity index (χ3v) is 11.0. The highest BCUT2D eigenvalue weighted by Gasteiger charge is 2.39. The highest BCUT2D eigenvalue weighted by atomic mass is 32.2. The fourth-order valence-electron chi connectivity index (χ4n) is 6.19. The van der Waals surface area contributed by atoms with Crippen molar-refractivity contribution >= 4 is 60.9 Å². The maximum absolute atomic E-state index is 13.0. The zero-order valence-electron chi connectivity index (χ0n) is 26.7. The van der Waals surface area contributed by atoms with E-state index < -0.39 is 72.6 Å². The number of carbonyl (C=O) groups is 3. The highest BCUT2D eigenvalue weighted by molar-refractivity contribution is 7.86. The smallest absolute Gasteiger partial charge is 0.323 e. The van der Waals surface area contributed by atoms with Crippen LogP contribution in [0.5, 0.6) is 0 Å². The molecule has 268 valence electrons. The molecule has 4 amide bonds. The van der Waals surface area contributed by atoms with Crippen LogP contribution in [0.4, 0.5) is 16.2 Å². The molecule has 0 heterocycles. The molecular weight excluding hydrogens is 717 g/mol. The Balaban J connectivity index is 1.11. The van der Waals surface area contributed by atoms with Crippen molar-refractivity contribution in [2.75, 3.05) is 10.6 Å². The van der Waals surface area contributed by atoms with Gasteiger partial charge in [0.15, 0.2) is 0 Å². The number of hydrogen-bond acceptors (Lipinski definition) is 9. The second-order valence-corrected chi connectivity index (χ2v) is 15.2. The van der Waals surface area contributed by atoms with Gasteiger partial charge < -0.3 is 20.8 Å². The van der Waals surface area contributed by atoms with Gasteiger partial charge >= 0.3 is 6.03 Å². The first-order valence-electron chi connectivity index (χ1n) is 15.6. The molecule has 0 saturated heterocycles. The van der Waals surface area contributed by atoms with E-state index in [1.807, 2.05) is 0 Å². The van der Waals surface area contributed by atoms with Crippen molar-refractivity contribution in [3.8, 4) is 0 Å². The average Bonchev–Trinajstić information content (AvgIpc) is 3.09. The first kappa shape index (κ1) is 36.4. The molecule has 17 heteroatoms. The van der Waals surface area contributed by atoms with Crippen LogP contribution in [0, 0.1) is 11.8 Å². The summed E-state index contributed by atoms with van der Waals surface area (Å²) in [6.45, 7) is 0. The monoisotopic (exact) mass is 746 g/mol. The van der Waals surface area contributed by atoms with Crippen LogP contribution in [0.15, 0.2) is 130 Å². The third kappa shape index (κ3) is 7.74. The Bertz CT molecular complexity index is 2180. The quantitative estimate of drug-likeness (QED) is 0.234. The molecule has 4 aliphatic carbocycles. The molecule has 6 unspecified atom stereocenters. The normalized spacial score (nSPS) is 26.6. The summed E-state index contributed by atoms with van der Waals surface area (Å²) in [7, 11) is -8.90. The van der Waals surface area contributed by atoms with Gasteiger partial charge in [0.05, 0.1) is 11.4 Å². The van der Waals surface area contributed by atoms with Gasteiger partial charge in [-0.3, -0.25) is 18.7 Å². The average molecular weight is 747 g/mol. The molecule has 52 heavy (non-hydrogen) atoms. The minimum atomic E-state index is -4.45. The van der Waals surface area contributed by atoms with Gasteiger partial charge in [-0.1, -0.05) is 60.7 Å². The predicted octanol–water partition coefficient (Wildman–Crippen LogP) is 3.09. The Morgan fingerprint density at radius 1 is 0.615 bits per heavy atom. The number of rotatable bonds is 6. The fourth-order valence-corrected chi connectivity index (χ4v) is 8.01. The Hall–Kier alpha value is -5.43. The standard InChI is InChI=1S/C35H30N4O11S2/c40-31-25-9-3-11-29(51(45,46)47)23(25)13-15-27(31)38-33(42)19-5-1-7-21(17-19)36-35(44)37-22-8-2-6-20(18-22)34(43)39-28-16-14-24-26(32(28)41)10-4-12-30(24)52(48,49)50/h1-18,23-24,29-32,40-41H,(H2,36,37,44)(H,45,46,47)(H,48,49,50). The zero-order chi connectivity index (χ0) is 37.4. The SMILES string of the molecule is O=C(Nc1cccc(C(=O)N=C2C=CC3C(=CC=CC3S(=O)(=O)O)C2O)c1)Nc1cccc(C(=O)N=C2C=CC3C(=CC=CC3S(=O)(=O)O)C2O)c1. The van der Waals surface area contributed by atoms with Crippen LogP contribution in [0.2, 0.25) is 0 Å². The van der Waals surface area contributed by atoms with E-state index in [0.29, 0.717) is 0 Å². The molecule has 6 rings (SSSR count). The summed E-state index contributed by atoms with van der Waals surface area (Å²) in [6.07, 6.45) is 11.1. The van der Waals surface area contributed by atoms with Crippen LogP contribution < -0.4 is 10.6 Å². The number of nitrogens with one attached hydrogen (secondary N) is 2. The maximum atomic E-state index is 13.0. The molecule has 0 saturated carbocycles. The van der Waals surface area contributed by atoms with Gasteiger partial charge in [-0.15, -0.1) is 0 Å². The largest absolute Gasteiger partial charge is 0.382 e. The second-order valence-electron chi connectivity index (χ2n) is 12.1. The molecule has 6 N–H and O–H groups in total. The number of fused-ring (bicyclic) bond motifs is 2. The number of anilines is 2. The number of urea groups is 1. The first-order valence-corrected chi connectivity index (χ1v) is 18.6. The fraction of sp³-hybridized carbons (Fsp3) is 0.171. The van der Waals surface area contributed by atoms with Crippen molar-refractivity contribution in [1.82, 2.24) is 0 Å². The predicted molar refractivity (Wildman–Crippen MR) is 191 cm³/mol. The van der Waals surface area contributed by atoms with Gasteiger partial charge in [-0.25, -0.2) is 14.8 Å². The second kappa shape index (κ2) is 14.3. The number of nitrogens with zero attached hydrogens (tertiary/aromatic N) is 2. The zero-order valence-corrected chi connectivity index (χ0v) is 28.3. The Labute approximate surface area is 297 Å². The number of aliphatic imine (C=N–C) groups is 2. The van der Waals surface area contributed by atoms with E-state index in [1.165, 1.54) is 109 Å². The van der Waals surface area contributed by atoms with E-state index in [-0.39, 0.29) is 45.1 Å². The summed E-state index contributed by atoms with van der Waals surface area (Å²) >= 11 is 0. The van der Waals surface area contributed by atoms with Crippen LogP contribution in [-0.4, -0.2) is 88.1 Å². The van der Waals surface area contributed by atoms with Crippen LogP contribution >= 0.6 is 0 Å². The number of hydrogen-bond donors (Lipinski definition) is 6. The molecular formula is C35H30N4O11S2. The van der Waals surface area contributed by atoms with Gasteiger partial charge in [0.1, 0.15) is 22.7 Å². The van der Waals surface area contributed by atoms with E-state index in [9.17, 15) is 50.5 Å². The topological polar surface area (TPSA) is 249 Å². The van der Waals surface area contributed by atoms with Crippen LogP contribution in [0.1, 0.15) is 20.7 Å². The van der Waals surface area contributed by atoms with Crippen molar-refractivity contribution in [2.24, 2.45) is 21.8 Å². The molecule has 0 fully saturated rings. The van der Waals surface area contributed by atoms with Gasteiger partial charge in [0.2, 0.25) is 0 Å². The minimum absolute atomic E-state index is 0.0419. The molecule has 15 nitrogen and oxygen atoms in total. The van der Waals surface area contributed by atoms with E-state index in [4.69, 9.17) is 0 Å². The molecule has 0 aliphatic heterocycles. The van der Waals surface area contributed by atoms with Crippen molar-refractivity contribution in [1.29, 1.82) is 0 Å². The molecule has 2 aromatic carbocycles. The van der Waals surface area contributed by atoms with Crippen LogP contribution in [0.3, 0.4) is 0 Å². The summed E-state index contributed by atoms with van der Waals surface area (Å²) in [4.78, 5) is 46.9. The van der Waals surface area contributed by atoms with Crippen LogP contribution in [-0.2, 0) is 20.2 Å². The van der Waals surface area contributed by atoms with E-state index in [1.54, 1.807) is 0 Å². The van der Waals surface area contributed by atoms with E-state index in [2.05, 4.69) is 20.6 Å². The van der Waals surface area contributed by atoms with Gasteiger partial charge in [0.25, 0.3) is 32.1 Å². The van der Waals surface area contributed by atoms with Gasteiger partial charge in [0, 0.05) is 34.3 Å². The Morgan fingerprint density at radius 3 is 1.40 bits per heavy atom. The van der Waals surface area contributed by atoms with Crippen molar-refractivity contribution in [2.45, 2.75) is 22.7 Å². The molecule has 0 bridgehead atoms. The highest BCUT2D eigenvalue weighted by Crippen LogP contribution is 2.34. The molecule has 2 aromatic rings. The number of aliphatic hydroxyl groups excluding tert-OH is 2. The number of benzene rings is 2. The number of allylic oxidation sites excluding steroid dienone is 6. The van der Waals surface area contributed by atoms with E-state index in [0.717, 1.165) is 0 Å². The minimum Gasteiger partial charge on any atom is -0.382 e. The first-order chi connectivity index (χ1) is 24.6. The lowest BCUT2D eigenvalue weighted by Gasteiger charge is -2.31. The molecule has 0 spiro atoms. The third-order valence-electron chi connectivity index (χ3n) is 8.68. The van der Waals surface area contributed by atoms with Gasteiger partial charge in [-0.05, 0) is 59.7 Å². The maximum Gasteiger partial charge on any atom is 0.323 e. The van der Waals surface area contributed by atoms with E-state index >= 15 is 0 Å². The lowest BCUT2D eigenvalue weighted by atomic mass is 9.81. The number of amides is 4. The van der Waals surface area contributed by atoms with Gasteiger partial charge in [-0.2, -0.15) is 16.8 Å². The Kier molecular flexibility index (Phi) is 10.00. The summed E-state index contributed by atoms with van der Waals surface area (Å²) in [5.74, 6) is -3.18. The Morgan fingerprint density at radius 2 is 1.02 bits per heavy atom. The van der Waals surface area contributed by atoms with Crippen molar-refractivity contribution in [3.05, 3.63) is 132 Å². The van der Waals surface area contributed by atoms with Crippen molar-refractivity contribution in [3.63, 3.8) is 0 Å². The molecule has 6 atom stereocenters. The summed E-state index contributed by atoms with van der Waals surface area (Å²) in [6, 6.07) is 10.9. The molecule has 0 aromatic heterocycles. The molecule has 4 aliphatic rings. The number of carbonyl (C=O) groups excluding carboxylic acids is 3. The summed E-state index contributed by atoms with van der Waals surface area (Å²) in [5.41, 5.74) is 0.947. The number of aliphatic hydroxyl groups is 2.